The van der Waals surface area contributed by atoms with Crippen LogP contribution in [0, 0.1) is 6.92 Å². The minimum absolute atomic E-state index is 0.0136. The van der Waals surface area contributed by atoms with Gasteiger partial charge in [-0.15, -0.1) is 0 Å². The summed E-state index contributed by atoms with van der Waals surface area (Å²) >= 11 is 0. The van der Waals surface area contributed by atoms with Gasteiger partial charge in [-0.3, -0.25) is 9.59 Å². The molecule has 1 aromatic rings. The van der Waals surface area contributed by atoms with E-state index in [-0.39, 0.29) is 17.9 Å². The van der Waals surface area contributed by atoms with Crippen molar-refractivity contribution in [1.82, 2.24) is 10.2 Å². The van der Waals surface area contributed by atoms with Crippen molar-refractivity contribution in [2.45, 2.75) is 58.7 Å². The number of carbonyl (C=O) groups excluding carboxylic acids is 2. The molecule has 0 saturated carbocycles. The highest BCUT2D eigenvalue weighted by Gasteiger charge is 2.46. The predicted molar refractivity (Wildman–Crippen MR) is 82.6 cm³/mol. The number of aryl methyl sites for hydroxylation is 1. The Labute approximate surface area is 126 Å². The van der Waals surface area contributed by atoms with Gasteiger partial charge < -0.3 is 10.2 Å². The van der Waals surface area contributed by atoms with E-state index in [0.717, 1.165) is 11.1 Å². The molecular weight excluding hydrogens is 264 g/mol. The minimum Gasteiger partial charge on any atom is -0.340 e. The van der Waals surface area contributed by atoms with E-state index in [1.165, 1.54) is 0 Å². The van der Waals surface area contributed by atoms with Crippen molar-refractivity contribution in [3.8, 4) is 0 Å². The lowest BCUT2D eigenvalue weighted by Gasteiger charge is -2.44. The third-order valence-corrected chi connectivity index (χ3v) is 4.51. The first-order chi connectivity index (χ1) is 9.92. The number of carbonyl (C=O) groups is 2. The van der Waals surface area contributed by atoms with Crippen LogP contribution in [-0.4, -0.2) is 28.3 Å². The van der Waals surface area contributed by atoms with E-state index in [1.807, 2.05) is 52.0 Å². The number of nitrogens with one attached hydrogen (secondary N) is 1. The Morgan fingerprint density at radius 3 is 2.48 bits per heavy atom. The molecule has 0 bridgehead atoms. The largest absolute Gasteiger partial charge is 0.340 e. The summed E-state index contributed by atoms with van der Waals surface area (Å²) in [6, 6.07) is 7.62. The molecule has 0 aromatic heterocycles. The number of rotatable bonds is 4. The molecule has 1 heterocycles. The predicted octanol–water partition coefficient (Wildman–Crippen LogP) is 2.40. The van der Waals surface area contributed by atoms with Gasteiger partial charge in [0, 0.05) is 6.54 Å². The number of benzene rings is 1. The molecule has 1 aliphatic rings. The normalized spacial score (nSPS) is 25.9. The second kappa shape index (κ2) is 5.88. The molecule has 2 unspecified atom stereocenters. The smallest absolute Gasteiger partial charge is 0.249 e. The Balaban J connectivity index is 2.34. The van der Waals surface area contributed by atoms with E-state index in [9.17, 15) is 9.59 Å². The van der Waals surface area contributed by atoms with Crippen LogP contribution < -0.4 is 5.32 Å². The topological polar surface area (TPSA) is 49.4 Å². The Kier molecular flexibility index (Phi) is 4.35. The van der Waals surface area contributed by atoms with Gasteiger partial charge in [-0.25, -0.2) is 0 Å². The van der Waals surface area contributed by atoms with Crippen molar-refractivity contribution in [2.75, 3.05) is 0 Å². The van der Waals surface area contributed by atoms with Gasteiger partial charge in [0.2, 0.25) is 11.8 Å². The van der Waals surface area contributed by atoms with Crippen molar-refractivity contribution in [2.24, 2.45) is 0 Å². The van der Waals surface area contributed by atoms with Gasteiger partial charge in [-0.1, -0.05) is 38.1 Å². The second-order valence-corrected chi connectivity index (χ2v) is 5.96. The molecule has 0 radical (unpaired) electrons. The molecule has 2 rings (SSSR count). The summed E-state index contributed by atoms with van der Waals surface area (Å²) in [6.45, 7) is 8.20. The zero-order valence-corrected chi connectivity index (χ0v) is 13.3. The molecule has 2 atom stereocenters. The van der Waals surface area contributed by atoms with Crippen molar-refractivity contribution in [3.63, 3.8) is 0 Å². The standard InChI is InChI=1S/C17H24N2O2/c1-5-14-15(20)18-17(4,6-2)16(21)19(14)11-13-10-8-7-9-12(13)3/h7-10,14H,5-6,11H2,1-4H3,(H,18,20). The number of nitrogens with zero attached hydrogens (tertiary/aromatic N) is 1. The molecule has 1 N–H and O–H groups in total. The molecule has 4 heteroatoms. The molecule has 114 valence electrons. The van der Waals surface area contributed by atoms with E-state index in [1.54, 1.807) is 4.90 Å². The molecule has 1 aromatic carbocycles. The lowest BCUT2D eigenvalue weighted by molar-refractivity contribution is -0.155. The van der Waals surface area contributed by atoms with E-state index >= 15 is 0 Å². The minimum atomic E-state index is -0.786. The van der Waals surface area contributed by atoms with Crippen LogP contribution in [0.25, 0.3) is 0 Å². The number of hydrogen-bond acceptors (Lipinski definition) is 2. The lowest BCUT2D eigenvalue weighted by atomic mass is 9.90. The van der Waals surface area contributed by atoms with Gasteiger partial charge in [-0.05, 0) is 37.8 Å². The van der Waals surface area contributed by atoms with Gasteiger partial charge >= 0.3 is 0 Å². The van der Waals surface area contributed by atoms with E-state index in [2.05, 4.69) is 5.32 Å². The summed E-state index contributed by atoms with van der Waals surface area (Å²) in [5, 5.41) is 2.89. The maximum absolute atomic E-state index is 12.8. The lowest BCUT2D eigenvalue weighted by Crippen LogP contribution is -2.68. The fourth-order valence-electron chi connectivity index (χ4n) is 2.81. The van der Waals surface area contributed by atoms with Crippen molar-refractivity contribution < 1.29 is 9.59 Å². The Morgan fingerprint density at radius 1 is 1.24 bits per heavy atom. The van der Waals surface area contributed by atoms with Gasteiger partial charge in [0.15, 0.2) is 0 Å². The first kappa shape index (κ1) is 15.5. The van der Waals surface area contributed by atoms with Crippen molar-refractivity contribution in [1.29, 1.82) is 0 Å². The molecule has 21 heavy (non-hydrogen) atoms. The third kappa shape index (κ3) is 2.80. The summed E-state index contributed by atoms with van der Waals surface area (Å²) in [5.74, 6) is -0.0327. The fraction of sp³-hybridized carbons (Fsp3) is 0.529. The highest BCUT2D eigenvalue weighted by molar-refractivity contribution is 5.99. The Hall–Kier alpha value is -1.84. The first-order valence-corrected chi connectivity index (χ1v) is 7.60. The molecule has 1 saturated heterocycles. The third-order valence-electron chi connectivity index (χ3n) is 4.51. The van der Waals surface area contributed by atoms with Crippen molar-refractivity contribution >= 4 is 11.8 Å². The first-order valence-electron chi connectivity index (χ1n) is 7.60. The molecule has 1 fully saturated rings. The zero-order chi connectivity index (χ0) is 15.6. The summed E-state index contributed by atoms with van der Waals surface area (Å²) < 4.78 is 0. The Bertz CT molecular complexity index is 555. The highest BCUT2D eigenvalue weighted by Crippen LogP contribution is 2.25. The van der Waals surface area contributed by atoms with E-state index < -0.39 is 5.54 Å². The summed E-state index contributed by atoms with van der Waals surface area (Å²) in [6.07, 6.45) is 1.22. The molecule has 1 aliphatic heterocycles. The van der Waals surface area contributed by atoms with Gasteiger partial charge in [0.1, 0.15) is 11.6 Å². The fourth-order valence-corrected chi connectivity index (χ4v) is 2.81. The summed E-state index contributed by atoms with van der Waals surface area (Å²) in [7, 11) is 0. The number of piperazine rings is 1. The maximum Gasteiger partial charge on any atom is 0.249 e. The van der Waals surface area contributed by atoms with Gasteiger partial charge in [-0.2, -0.15) is 0 Å². The molecule has 4 nitrogen and oxygen atoms in total. The van der Waals surface area contributed by atoms with Crippen LogP contribution >= 0.6 is 0 Å². The monoisotopic (exact) mass is 288 g/mol. The Morgan fingerprint density at radius 2 is 1.90 bits per heavy atom. The molecule has 2 amide bonds. The number of amides is 2. The van der Waals surface area contributed by atoms with Crippen LogP contribution in [0.2, 0.25) is 0 Å². The van der Waals surface area contributed by atoms with Gasteiger partial charge in [0.25, 0.3) is 0 Å². The average Bonchev–Trinajstić information content (AvgIpc) is 2.47. The van der Waals surface area contributed by atoms with Gasteiger partial charge in [0.05, 0.1) is 0 Å². The molecule has 0 spiro atoms. The van der Waals surface area contributed by atoms with Crippen LogP contribution in [0.1, 0.15) is 44.7 Å². The van der Waals surface area contributed by atoms with Crippen LogP contribution in [0.3, 0.4) is 0 Å². The van der Waals surface area contributed by atoms with Crippen LogP contribution in [0.15, 0.2) is 24.3 Å². The van der Waals surface area contributed by atoms with E-state index in [0.29, 0.717) is 19.4 Å². The second-order valence-electron chi connectivity index (χ2n) is 5.96. The SMILES string of the molecule is CCC1C(=O)NC(C)(CC)C(=O)N1Cc1ccccc1C. The quantitative estimate of drug-likeness (QED) is 0.925. The van der Waals surface area contributed by atoms with Crippen LogP contribution in [-0.2, 0) is 16.1 Å². The number of hydrogen-bond donors (Lipinski definition) is 1. The maximum atomic E-state index is 12.8. The highest BCUT2D eigenvalue weighted by atomic mass is 16.2. The zero-order valence-electron chi connectivity index (χ0n) is 13.3. The van der Waals surface area contributed by atoms with Crippen molar-refractivity contribution in [3.05, 3.63) is 35.4 Å². The average molecular weight is 288 g/mol. The van der Waals surface area contributed by atoms with E-state index in [4.69, 9.17) is 0 Å². The van der Waals surface area contributed by atoms with Crippen LogP contribution in [0.5, 0.6) is 0 Å². The van der Waals surface area contributed by atoms with Crippen LogP contribution in [0.4, 0.5) is 0 Å². The summed E-state index contributed by atoms with van der Waals surface area (Å²) in [4.78, 5) is 26.9. The molecular formula is C17H24N2O2. The summed E-state index contributed by atoms with van der Waals surface area (Å²) in [5.41, 5.74) is 1.45. The molecule has 0 aliphatic carbocycles.